The molecule has 6 heteroatoms. The van der Waals surface area contributed by atoms with Crippen molar-refractivity contribution in [2.45, 2.75) is 38.5 Å². The van der Waals surface area contributed by atoms with Crippen molar-refractivity contribution in [2.24, 2.45) is 5.92 Å². The number of nitrogens with zero attached hydrogens (tertiary/aromatic N) is 4. The number of aromatic nitrogens is 3. The molecular weight excluding hydrogens is 328 g/mol. The number of carbonyl (C=O) groups is 1. The van der Waals surface area contributed by atoms with E-state index in [0.717, 1.165) is 30.5 Å². The summed E-state index contributed by atoms with van der Waals surface area (Å²) >= 11 is 0. The number of ether oxygens (including phenoxy) is 1. The molecule has 2 aromatic heterocycles. The second kappa shape index (κ2) is 7.83. The number of amides is 1. The van der Waals surface area contributed by atoms with Crippen LogP contribution in [-0.2, 0) is 22.7 Å². The lowest BCUT2D eigenvalue weighted by molar-refractivity contribution is -0.137. The third-order valence-corrected chi connectivity index (χ3v) is 5.14. The van der Waals surface area contributed by atoms with Gasteiger partial charge in [0.1, 0.15) is 0 Å². The van der Waals surface area contributed by atoms with Crippen LogP contribution in [0.1, 0.15) is 36.6 Å². The van der Waals surface area contributed by atoms with Crippen LogP contribution in [0.2, 0.25) is 0 Å². The molecule has 0 N–H and O–H groups in total. The van der Waals surface area contributed by atoms with Gasteiger partial charge in [-0.3, -0.25) is 14.5 Å². The molecule has 1 amide bonds. The lowest BCUT2D eigenvalue weighted by Gasteiger charge is -2.35. The van der Waals surface area contributed by atoms with Gasteiger partial charge >= 0.3 is 0 Å². The van der Waals surface area contributed by atoms with Crippen LogP contribution < -0.4 is 0 Å². The Bertz CT molecular complexity index is 763. The Morgan fingerprint density at radius 2 is 2.12 bits per heavy atom. The van der Waals surface area contributed by atoms with Crippen LogP contribution in [0.25, 0.3) is 0 Å². The first-order valence-corrected chi connectivity index (χ1v) is 9.24. The average Bonchev–Trinajstić information content (AvgIpc) is 3.37. The minimum atomic E-state index is 0.118. The van der Waals surface area contributed by atoms with E-state index in [1.54, 1.807) is 6.20 Å². The summed E-state index contributed by atoms with van der Waals surface area (Å²) < 4.78 is 7.87. The molecule has 0 saturated heterocycles. The van der Waals surface area contributed by atoms with E-state index in [-0.39, 0.29) is 17.9 Å². The van der Waals surface area contributed by atoms with Crippen molar-refractivity contribution in [1.29, 1.82) is 0 Å². The van der Waals surface area contributed by atoms with Gasteiger partial charge in [0.2, 0.25) is 5.91 Å². The van der Waals surface area contributed by atoms with Crippen LogP contribution in [0, 0.1) is 5.92 Å². The minimum Gasteiger partial charge on any atom is -0.377 e. The predicted octanol–water partition coefficient (Wildman–Crippen LogP) is 2.73. The first-order valence-electron chi connectivity index (χ1n) is 9.24. The second-order valence-electron chi connectivity index (χ2n) is 6.98. The highest BCUT2D eigenvalue weighted by molar-refractivity contribution is 5.79. The molecule has 0 bridgehead atoms. The molecule has 0 saturated carbocycles. The number of hydrogen-bond acceptors (Lipinski definition) is 4. The lowest BCUT2D eigenvalue weighted by Crippen LogP contribution is -2.43. The summed E-state index contributed by atoms with van der Waals surface area (Å²) in [5.41, 5.74) is 2.18. The van der Waals surface area contributed by atoms with Crippen LogP contribution in [0.15, 0.2) is 48.9 Å². The Morgan fingerprint density at radius 1 is 1.23 bits per heavy atom. The average molecular weight is 352 g/mol. The Balaban J connectivity index is 1.35. The maximum Gasteiger partial charge on any atom is 0.226 e. The first kappa shape index (κ1) is 17.0. The van der Waals surface area contributed by atoms with Crippen LogP contribution in [-0.4, -0.2) is 38.7 Å². The summed E-state index contributed by atoms with van der Waals surface area (Å²) in [6.07, 6.45) is 12.2. The fourth-order valence-corrected chi connectivity index (χ4v) is 3.74. The second-order valence-corrected chi connectivity index (χ2v) is 6.98. The van der Waals surface area contributed by atoms with Crippen molar-refractivity contribution < 1.29 is 9.53 Å². The number of fused-ring (bicyclic) bond motifs is 1. The van der Waals surface area contributed by atoms with Gasteiger partial charge in [0, 0.05) is 37.7 Å². The summed E-state index contributed by atoms with van der Waals surface area (Å²) in [5, 5.41) is 4.47. The zero-order valence-electron chi connectivity index (χ0n) is 14.8. The third-order valence-electron chi connectivity index (χ3n) is 5.14. The van der Waals surface area contributed by atoms with Crippen LogP contribution >= 0.6 is 0 Å². The minimum absolute atomic E-state index is 0.118. The van der Waals surface area contributed by atoms with Crippen molar-refractivity contribution in [3.63, 3.8) is 0 Å². The van der Waals surface area contributed by atoms with Gasteiger partial charge in [-0.1, -0.05) is 18.2 Å². The molecule has 6 nitrogen and oxygen atoms in total. The van der Waals surface area contributed by atoms with Gasteiger partial charge in [-0.05, 0) is 37.0 Å². The van der Waals surface area contributed by atoms with Crippen LogP contribution in [0.3, 0.4) is 0 Å². The summed E-state index contributed by atoms with van der Waals surface area (Å²) in [4.78, 5) is 18.9. The zero-order valence-corrected chi connectivity index (χ0v) is 14.8. The van der Waals surface area contributed by atoms with E-state index in [2.05, 4.69) is 26.9 Å². The lowest BCUT2D eigenvalue weighted by atomic mass is 10.0. The maximum absolute atomic E-state index is 12.8. The standard InChI is InChI=1S/C20H24N4O2/c25-20(17-5-1-2-6-17)23-13-18-7-10-22-24(18)19(14-23)8-11-26-15-16-4-3-9-21-12-16/h1-4,7,9-10,12,17,19H,5-6,8,11,13-15H2/t19-/m1/s1. The summed E-state index contributed by atoms with van der Waals surface area (Å²) in [5.74, 6) is 0.385. The largest absolute Gasteiger partial charge is 0.377 e. The van der Waals surface area contributed by atoms with Crippen molar-refractivity contribution in [1.82, 2.24) is 19.7 Å². The molecule has 26 heavy (non-hydrogen) atoms. The number of allylic oxidation sites excluding steroid dienone is 2. The Hall–Kier alpha value is -2.47. The fourth-order valence-electron chi connectivity index (χ4n) is 3.74. The summed E-state index contributed by atoms with van der Waals surface area (Å²) in [6.45, 7) is 2.55. The van der Waals surface area contributed by atoms with E-state index in [1.165, 1.54) is 0 Å². The van der Waals surface area contributed by atoms with Gasteiger partial charge in [-0.15, -0.1) is 0 Å². The molecule has 4 rings (SSSR count). The van der Waals surface area contributed by atoms with E-state index in [9.17, 15) is 4.79 Å². The fraction of sp³-hybridized carbons (Fsp3) is 0.450. The molecule has 1 aliphatic carbocycles. The number of hydrogen-bond donors (Lipinski definition) is 0. The molecule has 2 aliphatic rings. The van der Waals surface area contributed by atoms with E-state index >= 15 is 0 Å². The van der Waals surface area contributed by atoms with Gasteiger partial charge < -0.3 is 9.64 Å². The van der Waals surface area contributed by atoms with E-state index < -0.39 is 0 Å². The highest BCUT2D eigenvalue weighted by atomic mass is 16.5. The van der Waals surface area contributed by atoms with Crippen molar-refractivity contribution in [2.75, 3.05) is 13.2 Å². The van der Waals surface area contributed by atoms with Gasteiger partial charge in [0.05, 0.1) is 24.9 Å². The van der Waals surface area contributed by atoms with Crippen LogP contribution in [0.4, 0.5) is 0 Å². The predicted molar refractivity (Wildman–Crippen MR) is 97.1 cm³/mol. The Labute approximate surface area is 153 Å². The molecule has 0 fully saturated rings. The van der Waals surface area contributed by atoms with Crippen molar-refractivity contribution in [3.05, 3.63) is 60.2 Å². The Kier molecular flexibility index (Phi) is 5.11. The monoisotopic (exact) mass is 352 g/mol. The molecule has 1 atom stereocenters. The highest BCUT2D eigenvalue weighted by Gasteiger charge is 2.32. The van der Waals surface area contributed by atoms with Gasteiger partial charge in [0.25, 0.3) is 0 Å². The molecule has 0 spiro atoms. The van der Waals surface area contributed by atoms with Crippen molar-refractivity contribution in [3.8, 4) is 0 Å². The molecular formula is C20H24N4O2. The molecule has 2 aromatic rings. The molecule has 0 unspecified atom stereocenters. The topological polar surface area (TPSA) is 60.2 Å². The van der Waals surface area contributed by atoms with E-state index in [0.29, 0.717) is 26.3 Å². The zero-order chi connectivity index (χ0) is 17.8. The summed E-state index contributed by atoms with van der Waals surface area (Å²) in [7, 11) is 0. The first-order chi connectivity index (χ1) is 12.8. The highest BCUT2D eigenvalue weighted by Crippen LogP contribution is 2.27. The molecule has 3 heterocycles. The van der Waals surface area contributed by atoms with E-state index in [1.807, 2.05) is 35.5 Å². The maximum atomic E-state index is 12.8. The van der Waals surface area contributed by atoms with E-state index in [4.69, 9.17) is 4.74 Å². The smallest absolute Gasteiger partial charge is 0.226 e. The van der Waals surface area contributed by atoms with Gasteiger partial charge in [-0.2, -0.15) is 5.10 Å². The number of carbonyl (C=O) groups excluding carboxylic acids is 1. The Morgan fingerprint density at radius 3 is 2.92 bits per heavy atom. The third kappa shape index (κ3) is 3.70. The summed E-state index contributed by atoms with van der Waals surface area (Å²) in [6, 6.07) is 6.10. The number of pyridine rings is 1. The number of rotatable bonds is 6. The SMILES string of the molecule is O=C(C1CC=CC1)N1Cc2ccnn2[C@H](CCOCc2cccnc2)C1. The molecule has 1 aliphatic heterocycles. The van der Waals surface area contributed by atoms with Crippen molar-refractivity contribution >= 4 is 5.91 Å². The van der Waals surface area contributed by atoms with Gasteiger partial charge in [0.15, 0.2) is 0 Å². The van der Waals surface area contributed by atoms with Gasteiger partial charge in [-0.25, -0.2) is 0 Å². The quantitative estimate of drug-likeness (QED) is 0.592. The molecule has 0 radical (unpaired) electrons. The van der Waals surface area contributed by atoms with Crippen LogP contribution in [0.5, 0.6) is 0 Å². The molecule has 0 aromatic carbocycles. The normalized spacial score (nSPS) is 19.7. The molecule has 136 valence electrons.